The van der Waals surface area contributed by atoms with E-state index >= 15 is 0 Å². The van der Waals surface area contributed by atoms with Gasteiger partial charge in [-0.25, -0.2) is 0 Å². The lowest BCUT2D eigenvalue weighted by Crippen LogP contribution is -1.98. The highest BCUT2D eigenvalue weighted by Crippen LogP contribution is 2.35. The highest BCUT2D eigenvalue weighted by molar-refractivity contribution is 9.09. The molecule has 0 heterocycles. The van der Waals surface area contributed by atoms with Crippen LogP contribution in [0, 0.1) is 0 Å². The van der Waals surface area contributed by atoms with Crippen LogP contribution in [-0.2, 0) is 0 Å². The van der Waals surface area contributed by atoms with E-state index in [2.05, 4.69) is 59.3 Å². The van der Waals surface area contributed by atoms with E-state index in [1.54, 1.807) is 12.1 Å². The Morgan fingerprint density at radius 2 is 1.26 bits per heavy atom. The van der Waals surface area contributed by atoms with Gasteiger partial charge in [-0.3, -0.25) is 0 Å². The number of halogens is 1. The molecule has 0 saturated heterocycles. The second-order valence-corrected chi connectivity index (χ2v) is 6.97. The van der Waals surface area contributed by atoms with Crippen molar-refractivity contribution in [3.63, 3.8) is 0 Å². The van der Waals surface area contributed by atoms with E-state index in [1.807, 2.05) is 58.0 Å². The van der Waals surface area contributed by atoms with Crippen molar-refractivity contribution in [2.45, 2.75) is 41.0 Å². The highest BCUT2D eigenvalue weighted by Gasteiger charge is 2.13. The zero-order chi connectivity index (χ0) is 23.1. The molecule has 0 aliphatic heterocycles. The molecule has 3 heteroatoms. The van der Waals surface area contributed by atoms with Gasteiger partial charge in [-0.05, 0) is 58.5 Å². The summed E-state index contributed by atoms with van der Waals surface area (Å²) in [6.45, 7) is 10.8. The average Bonchev–Trinajstić information content (AvgIpc) is 2.85. The molecule has 31 heavy (non-hydrogen) atoms. The third-order valence-electron chi connectivity index (χ3n) is 4.42. The maximum Gasteiger partial charge on any atom is 0.119 e. The lowest BCUT2D eigenvalue weighted by molar-refractivity contribution is 0.345. The van der Waals surface area contributed by atoms with Crippen molar-refractivity contribution in [3.05, 3.63) is 95.6 Å². The molecule has 0 atom stereocenters. The van der Waals surface area contributed by atoms with Crippen molar-refractivity contribution in [1.29, 1.82) is 0 Å². The fraction of sp³-hybridized carbons (Fsp3) is 0.286. The number of allylic oxidation sites excluding steroid dienone is 1. The normalized spacial score (nSPS) is 10.6. The minimum atomic E-state index is 0.273. The van der Waals surface area contributed by atoms with Crippen molar-refractivity contribution in [1.82, 2.24) is 0 Å². The second-order valence-electron chi connectivity index (χ2n) is 6.18. The molecule has 166 valence electrons. The molecule has 3 aromatic carbocycles. The first kappa shape index (κ1) is 26.5. The number of hydrogen-bond donors (Lipinski definition) is 1. The van der Waals surface area contributed by atoms with Crippen molar-refractivity contribution in [3.8, 4) is 11.5 Å². The number of phenolic OH excluding ortho intramolecular Hbond substituents is 1. The summed E-state index contributed by atoms with van der Waals surface area (Å²) in [6, 6.07) is 26.1. The Hall–Kier alpha value is -2.52. The van der Waals surface area contributed by atoms with Crippen LogP contribution in [0.15, 0.2) is 78.9 Å². The van der Waals surface area contributed by atoms with Crippen LogP contribution in [0.25, 0.3) is 11.1 Å². The fourth-order valence-electron chi connectivity index (χ4n) is 3.18. The average molecular weight is 483 g/mol. The van der Waals surface area contributed by atoms with Gasteiger partial charge in [-0.2, -0.15) is 0 Å². The predicted molar refractivity (Wildman–Crippen MR) is 139 cm³/mol. The van der Waals surface area contributed by atoms with Gasteiger partial charge in [0.1, 0.15) is 11.5 Å². The maximum absolute atomic E-state index is 9.70. The van der Waals surface area contributed by atoms with Gasteiger partial charge in [0.15, 0.2) is 0 Å². The molecule has 2 nitrogen and oxygen atoms in total. The number of rotatable bonds is 7. The Balaban J connectivity index is 0.00000113. The van der Waals surface area contributed by atoms with Crippen LogP contribution < -0.4 is 4.74 Å². The number of alkyl halides is 1. The van der Waals surface area contributed by atoms with Gasteiger partial charge in [0.05, 0.1) is 6.61 Å². The summed E-state index contributed by atoms with van der Waals surface area (Å²) in [6.07, 6.45) is 0.905. The van der Waals surface area contributed by atoms with Crippen molar-refractivity contribution in [2.75, 3.05) is 11.9 Å². The summed E-state index contributed by atoms with van der Waals surface area (Å²) >= 11 is 3.38. The molecule has 0 unspecified atom stereocenters. The summed E-state index contributed by atoms with van der Waals surface area (Å²) in [7, 11) is 0. The molecule has 0 aromatic heterocycles. The molecule has 0 bridgehead atoms. The quantitative estimate of drug-likeness (QED) is 0.269. The minimum absolute atomic E-state index is 0.273. The van der Waals surface area contributed by atoms with Gasteiger partial charge in [-0.1, -0.05) is 105 Å². The maximum atomic E-state index is 9.70. The molecule has 3 aromatic rings. The zero-order valence-electron chi connectivity index (χ0n) is 19.4. The Bertz CT molecular complexity index is 883. The Labute approximate surface area is 196 Å². The number of phenols is 1. The van der Waals surface area contributed by atoms with E-state index in [-0.39, 0.29) is 5.75 Å². The van der Waals surface area contributed by atoms with Crippen LogP contribution in [0.5, 0.6) is 11.5 Å². The van der Waals surface area contributed by atoms with Gasteiger partial charge in [-0.15, -0.1) is 0 Å². The summed E-state index contributed by atoms with van der Waals surface area (Å²) < 4.78 is 5.69. The smallest absolute Gasteiger partial charge is 0.119 e. The fourth-order valence-corrected chi connectivity index (χ4v) is 3.34. The summed E-state index contributed by atoms with van der Waals surface area (Å²) in [5.74, 6) is 1.13. The third-order valence-corrected chi connectivity index (χ3v) is 4.75. The third kappa shape index (κ3) is 7.91. The van der Waals surface area contributed by atoms with E-state index < -0.39 is 0 Å². The predicted octanol–water partition coefficient (Wildman–Crippen LogP) is 8.59. The summed E-state index contributed by atoms with van der Waals surface area (Å²) in [4.78, 5) is 0. The first-order chi connectivity index (χ1) is 15.2. The number of benzene rings is 3. The lowest BCUT2D eigenvalue weighted by atomic mass is 9.88. The molecule has 1 N–H and O–H groups in total. The van der Waals surface area contributed by atoms with Crippen LogP contribution >= 0.6 is 15.9 Å². The topological polar surface area (TPSA) is 29.5 Å². The molecule has 0 aliphatic rings. The SMILES string of the molecule is CC.CC.CC/C(=C(/c1ccc(O)cc1)c1ccc(OCCBr)cc1)c1ccccc1. The van der Waals surface area contributed by atoms with E-state index in [4.69, 9.17) is 4.74 Å². The van der Waals surface area contributed by atoms with E-state index in [9.17, 15) is 5.11 Å². The Kier molecular flexibility index (Phi) is 13.1. The van der Waals surface area contributed by atoms with Gasteiger partial charge >= 0.3 is 0 Å². The number of hydrogen-bond acceptors (Lipinski definition) is 2. The minimum Gasteiger partial charge on any atom is -0.508 e. The molecule has 0 amide bonds. The van der Waals surface area contributed by atoms with Gasteiger partial charge in [0, 0.05) is 5.33 Å². The summed E-state index contributed by atoms with van der Waals surface area (Å²) in [5.41, 5.74) is 5.88. The molecule has 0 radical (unpaired) electrons. The van der Waals surface area contributed by atoms with Crippen molar-refractivity contribution >= 4 is 27.1 Å². The lowest BCUT2D eigenvalue weighted by Gasteiger charge is -2.17. The van der Waals surface area contributed by atoms with E-state index in [0.29, 0.717) is 6.61 Å². The van der Waals surface area contributed by atoms with Crippen LogP contribution in [0.1, 0.15) is 57.7 Å². The van der Waals surface area contributed by atoms with Crippen LogP contribution in [-0.4, -0.2) is 17.0 Å². The largest absolute Gasteiger partial charge is 0.508 e. The molecule has 0 aliphatic carbocycles. The Morgan fingerprint density at radius 3 is 1.74 bits per heavy atom. The second kappa shape index (κ2) is 15.3. The van der Waals surface area contributed by atoms with Crippen molar-refractivity contribution in [2.24, 2.45) is 0 Å². The number of aromatic hydroxyl groups is 1. The van der Waals surface area contributed by atoms with E-state index in [1.165, 1.54) is 16.7 Å². The zero-order valence-corrected chi connectivity index (χ0v) is 20.9. The highest BCUT2D eigenvalue weighted by atomic mass is 79.9. The van der Waals surface area contributed by atoms with Gasteiger partial charge < -0.3 is 9.84 Å². The Morgan fingerprint density at radius 1 is 0.742 bits per heavy atom. The summed E-state index contributed by atoms with van der Waals surface area (Å²) in [5, 5.41) is 10.5. The van der Waals surface area contributed by atoms with Crippen LogP contribution in [0.4, 0.5) is 0 Å². The monoisotopic (exact) mass is 482 g/mol. The molecule has 0 spiro atoms. The van der Waals surface area contributed by atoms with Crippen LogP contribution in [0.2, 0.25) is 0 Å². The van der Waals surface area contributed by atoms with Crippen molar-refractivity contribution < 1.29 is 9.84 Å². The number of ether oxygens (including phenoxy) is 1. The standard InChI is InChI=1S/C24H23BrO2.2C2H6/c1-2-23(18-6-4-3-5-7-18)24(19-8-12-21(26)13-9-19)20-10-14-22(15-11-20)27-17-16-25;2*1-2/h3-15,26H,2,16-17H2,1H3;2*1-2H3/b24-23+;;. The first-order valence-electron chi connectivity index (χ1n) is 11.1. The first-order valence-corrected chi connectivity index (χ1v) is 12.2. The molecule has 3 rings (SSSR count). The van der Waals surface area contributed by atoms with Gasteiger partial charge in [0.2, 0.25) is 0 Å². The van der Waals surface area contributed by atoms with Gasteiger partial charge in [0.25, 0.3) is 0 Å². The molecule has 0 saturated carbocycles. The molecular weight excluding hydrogens is 448 g/mol. The molecular formula is C28H35BrO2. The molecule has 0 fully saturated rings. The van der Waals surface area contributed by atoms with E-state index in [0.717, 1.165) is 28.6 Å². The van der Waals surface area contributed by atoms with Crippen LogP contribution in [0.3, 0.4) is 0 Å².